The van der Waals surface area contributed by atoms with Crippen molar-refractivity contribution in [1.29, 1.82) is 0 Å². The molecule has 1 unspecified atom stereocenters. The molecule has 0 saturated heterocycles. The summed E-state index contributed by atoms with van der Waals surface area (Å²) in [5.74, 6) is 0.311. The van der Waals surface area contributed by atoms with Crippen LogP contribution in [-0.4, -0.2) is 0 Å². The fraction of sp³-hybridized carbons (Fsp3) is 0.111. The van der Waals surface area contributed by atoms with E-state index in [0.717, 1.165) is 11.1 Å². The zero-order valence-corrected chi connectivity index (χ0v) is 11.0. The molecule has 1 heteroatoms. The molecule has 19 heavy (non-hydrogen) atoms. The number of hydrogen-bond acceptors (Lipinski definition) is 1. The Morgan fingerprint density at radius 2 is 1.47 bits per heavy atom. The first-order valence-electron chi connectivity index (χ1n) is 6.59. The molecule has 0 aliphatic carbocycles. The smallest absolute Gasteiger partial charge is 0.0432 e. The predicted octanol–water partition coefficient (Wildman–Crippen LogP) is 4.57. The SMILES string of the molecule is CC(c1ccccc1)c1ccc2ccccc2c1N. The van der Waals surface area contributed by atoms with Crippen LogP contribution in [0.4, 0.5) is 5.69 Å². The van der Waals surface area contributed by atoms with Gasteiger partial charge in [0, 0.05) is 17.0 Å². The number of hydrogen-bond donors (Lipinski definition) is 1. The molecule has 2 N–H and O–H groups in total. The number of nitrogen functional groups attached to an aromatic ring is 1. The fourth-order valence-electron chi connectivity index (χ4n) is 2.61. The second-order valence-electron chi connectivity index (χ2n) is 4.92. The minimum absolute atomic E-state index is 0.311. The molecule has 1 nitrogen and oxygen atoms in total. The maximum Gasteiger partial charge on any atom is 0.0432 e. The molecule has 0 aromatic heterocycles. The van der Waals surface area contributed by atoms with E-state index >= 15 is 0 Å². The quantitative estimate of drug-likeness (QED) is 0.659. The lowest BCUT2D eigenvalue weighted by Gasteiger charge is -2.16. The van der Waals surface area contributed by atoms with Crippen LogP contribution in [0.25, 0.3) is 10.8 Å². The molecule has 3 aromatic carbocycles. The van der Waals surface area contributed by atoms with Gasteiger partial charge in [0.25, 0.3) is 0 Å². The second kappa shape index (κ2) is 4.77. The molecule has 0 saturated carbocycles. The molecule has 0 spiro atoms. The highest BCUT2D eigenvalue weighted by Gasteiger charge is 2.12. The standard InChI is InChI=1S/C18H17N/c1-13(14-7-3-2-4-8-14)16-12-11-15-9-5-6-10-17(15)18(16)19/h2-13H,19H2,1H3. The van der Waals surface area contributed by atoms with Crippen LogP contribution < -0.4 is 5.73 Å². The van der Waals surface area contributed by atoms with Crippen molar-refractivity contribution in [2.75, 3.05) is 5.73 Å². The van der Waals surface area contributed by atoms with Crippen LogP contribution in [0.3, 0.4) is 0 Å². The second-order valence-corrected chi connectivity index (χ2v) is 4.92. The Labute approximate surface area is 113 Å². The summed E-state index contributed by atoms with van der Waals surface area (Å²) < 4.78 is 0. The van der Waals surface area contributed by atoms with E-state index in [1.807, 2.05) is 18.2 Å². The van der Waals surface area contributed by atoms with Crippen LogP contribution in [0.2, 0.25) is 0 Å². The van der Waals surface area contributed by atoms with E-state index in [9.17, 15) is 0 Å². The largest absolute Gasteiger partial charge is 0.398 e. The van der Waals surface area contributed by atoms with Crippen LogP contribution in [-0.2, 0) is 0 Å². The highest BCUT2D eigenvalue weighted by molar-refractivity contribution is 5.94. The zero-order chi connectivity index (χ0) is 13.2. The Bertz CT molecular complexity index is 701. The van der Waals surface area contributed by atoms with Crippen LogP contribution in [0.1, 0.15) is 24.0 Å². The van der Waals surface area contributed by atoms with Gasteiger partial charge in [-0.25, -0.2) is 0 Å². The summed E-state index contributed by atoms with van der Waals surface area (Å²) >= 11 is 0. The van der Waals surface area contributed by atoms with Crippen molar-refractivity contribution in [3.63, 3.8) is 0 Å². The minimum atomic E-state index is 0.311. The lowest BCUT2D eigenvalue weighted by Crippen LogP contribution is -2.01. The summed E-state index contributed by atoms with van der Waals surface area (Å²) in [5.41, 5.74) is 9.75. The summed E-state index contributed by atoms with van der Waals surface area (Å²) in [5, 5.41) is 2.34. The van der Waals surface area contributed by atoms with Gasteiger partial charge in [-0.3, -0.25) is 0 Å². The third kappa shape index (κ3) is 2.08. The monoisotopic (exact) mass is 247 g/mol. The zero-order valence-electron chi connectivity index (χ0n) is 11.0. The van der Waals surface area contributed by atoms with Crippen molar-refractivity contribution in [2.24, 2.45) is 0 Å². The van der Waals surface area contributed by atoms with E-state index in [2.05, 4.69) is 55.5 Å². The van der Waals surface area contributed by atoms with E-state index in [1.165, 1.54) is 16.5 Å². The Kier molecular flexibility index (Phi) is 2.96. The molecule has 94 valence electrons. The normalized spacial score (nSPS) is 12.5. The van der Waals surface area contributed by atoms with E-state index < -0.39 is 0 Å². The Balaban J connectivity index is 2.13. The van der Waals surface area contributed by atoms with Crippen molar-refractivity contribution in [3.05, 3.63) is 77.9 Å². The number of fused-ring (bicyclic) bond motifs is 1. The Morgan fingerprint density at radius 1 is 0.789 bits per heavy atom. The van der Waals surface area contributed by atoms with E-state index in [1.54, 1.807) is 0 Å². The van der Waals surface area contributed by atoms with Crippen LogP contribution in [0.15, 0.2) is 66.7 Å². The molecule has 0 bridgehead atoms. The number of anilines is 1. The molecule has 3 rings (SSSR count). The van der Waals surface area contributed by atoms with Crippen molar-refractivity contribution >= 4 is 16.5 Å². The van der Waals surface area contributed by atoms with Crippen molar-refractivity contribution in [1.82, 2.24) is 0 Å². The lowest BCUT2D eigenvalue weighted by atomic mass is 9.90. The average Bonchev–Trinajstić information content (AvgIpc) is 2.48. The maximum atomic E-state index is 6.36. The van der Waals surface area contributed by atoms with E-state index in [4.69, 9.17) is 5.73 Å². The Hall–Kier alpha value is -2.28. The summed E-state index contributed by atoms with van der Waals surface area (Å²) in [6.07, 6.45) is 0. The van der Waals surface area contributed by atoms with Gasteiger partial charge in [-0.15, -0.1) is 0 Å². The fourth-order valence-corrected chi connectivity index (χ4v) is 2.61. The van der Waals surface area contributed by atoms with Gasteiger partial charge >= 0.3 is 0 Å². The topological polar surface area (TPSA) is 26.0 Å². The van der Waals surface area contributed by atoms with Crippen LogP contribution >= 0.6 is 0 Å². The third-order valence-electron chi connectivity index (χ3n) is 3.77. The first-order valence-corrected chi connectivity index (χ1v) is 6.59. The van der Waals surface area contributed by atoms with Gasteiger partial charge in [0.05, 0.1) is 0 Å². The average molecular weight is 247 g/mol. The predicted molar refractivity (Wildman–Crippen MR) is 82.3 cm³/mol. The molecule has 0 amide bonds. The van der Waals surface area contributed by atoms with Gasteiger partial charge in [0.15, 0.2) is 0 Å². The van der Waals surface area contributed by atoms with Gasteiger partial charge in [-0.1, -0.05) is 73.7 Å². The first-order chi connectivity index (χ1) is 9.27. The molecule has 0 fully saturated rings. The molecular weight excluding hydrogens is 230 g/mol. The minimum Gasteiger partial charge on any atom is -0.398 e. The lowest BCUT2D eigenvalue weighted by molar-refractivity contribution is 0.928. The maximum absolute atomic E-state index is 6.36. The highest BCUT2D eigenvalue weighted by atomic mass is 14.6. The van der Waals surface area contributed by atoms with Crippen molar-refractivity contribution < 1.29 is 0 Å². The van der Waals surface area contributed by atoms with Gasteiger partial charge in [-0.2, -0.15) is 0 Å². The Morgan fingerprint density at radius 3 is 2.26 bits per heavy atom. The summed E-state index contributed by atoms with van der Waals surface area (Å²) in [4.78, 5) is 0. The number of rotatable bonds is 2. The number of nitrogens with two attached hydrogens (primary N) is 1. The van der Waals surface area contributed by atoms with Crippen LogP contribution in [0.5, 0.6) is 0 Å². The van der Waals surface area contributed by atoms with Crippen molar-refractivity contribution in [3.8, 4) is 0 Å². The van der Waals surface area contributed by atoms with E-state index in [0.29, 0.717) is 5.92 Å². The summed E-state index contributed by atoms with van der Waals surface area (Å²) in [6.45, 7) is 2.20. The van der Waals surface area contributed by atoms with E-state index in [-0.39, 0.29) is 0 Å². The van der Waals surface area contributed by atoms with Crippen molar-refractivity contribution in [2.45, 2.75) is 12.8 Å². The first kappa shape index (κ1) is 11.8. The van der Waals surface area contributed by atoms with Gasteiger partial charge in [0.1, 0.15) is 0 Å². The third-order valence-corrected chi connectivity index (χ3v) is 3.77. The molecule has 0 aliphatic heterocycles. The molecule has 1 atom stereocenters. The van der Waals surface area contributed by atoms with Crippen LogP contribution in [0, 0.1) is 0 Å². The van der Waals surface area contributed by atoms with Gasteiger partial charge < -0.3 is 5.73 Å². The number of benzene rings is 3. The van der Waals surface area contributed by atoms with Gasteiger partial charge in [-0.05, 0) is 16.5 Å². The summed E-state index contributed by atoms with van der Waals surface area (Å²) in [6, 6.07) is 23.1. The highest BCUT2D eigenvalue weighted by Crippen LogP contribution is 2.33. The molecule has 0 radical (unpaired) electrons. The molecule has 0 aliphatic rings. The van der Waals surface area contributed by atoms with Gasteiger partial charge in [0.2, 0.25) is 0 Å². The molecule has 3 aromatic rings. The molecular formula is C18H17N. The summed E-state index contributed by atoms with van der Waals surface area (Å²) in [7, 11) is 0. The molecule has 0 heterocycles.